The number of nitrogens with one attached hydrogen (secondary N) is 3. The van der Waals surface area contributed by atoms with Crippen LogP contribution < -0.4 is 16.0 Å². The van der Waals surface area contributed by atoms with Gasteiger partial charge in [-0.2, -0.15) is 0 Å². The molecule has 0 radical (unpaired) electrons. The number of hydrogen-bond donors (Lipinski definition) is 3. The lowest BCUT2D eigenvalue weighted by atomic mass is 10.1. The second kappa shape index (κ2) is 10.3. The molecule has 3 N–H and O–H groups in total. The Kier molecular flexibility index (Phi) is 7.55. The van der Waals surface area contributed by atoms with E-state index in [0.29, 0.717) is 21.3 Å². The van der Waals surface area contributed by atoms with Gasteiger partial charge in [0.15, 0.2) is 0 Å². The minimum atomic E-state index is -0.765. The van der Waals surface area contributed by atoms with Gasteiger partial charge in [-0.25, -0.2) is 0 Å². The SMILES string of the molecule is CC(NC(=O)c1ccccc1Cl)C(=O)Nc1ccc(NC(C)c2ccccc2)c(Cl)c1. The molecule has 2 unspecified atom stereocenters. The summed E-state index contributed by atoms with van der Waals surface area (Å²) >= 11 is 12.4. The lowest BCUT2D eigenvalue weighted by Gasteiger charge is -2.18. The number of carbonyl (C=O) groups is 2. The van der Waals surface area contributed by atoms with Crippen LogP contribution in [0.2, 0.25) is 10.0 Å². The maximum Gasteiger partial charge on any atom is 0.253 e. The second-order valence-corrected chi connectivity index (χ2v) is 7.95. The van der Waals surface area contributed by atoms with Crippen LogP contribution in [0.15, 0.2) is 72.8 Å². The third kappa shape index (κ3) is 6.00. The summed E-state index contributed by atoms with van der Waals surface area (Å²) < 4.78 is 0. The van der Waals surface area contributed by atoms with E-state index in [9.17, 15) is 9.59 Å². The molecule has 0 aliphatic rings. The highest BCUT2D eigenvalue weighted by Gasteiger charge is 2.18. The highest BCUT2D eigenvalue weighted by molar-refractivity contribution is 6.34. The Morgan fingerprint density at radius 2 is 1.52 bits per heavy atom. The average Bonchev–Trinajstić information content (AvgIpc) is 2.76. The van der Waals surface area contributed by atoms with E-state index in [-0.39, 0.29) is 11.9 Å². The van der Waals surface area contributed by atoms with Crippen molar-refractivity contribution in [3.05, 3.63) is 94.0 Å². The second-order valence-electron chi connectivity index (χ2n) is 7.14. The molecule has 0 fully saturated rings. The van der Waals surface area contributed by atoms with Gasteiger partial charge in [0.25, 0.3) is 5.91 Å². The summed E-state index contributed by atoms with van der Waals surface area (Å²) in [6.07, 6.45) is 0. The molecule has 3 rings (SSSR count). The van der Waals surface area contributed by atoms with E-state index in [0.717, 1.165) is 11.3 Å². The first-order valence-electron chi connectivity index (χ1n) is 9.82. The van der Waals surface area contributed by atoms with Gasteiger partial charge in [0, 0.05) is 11.7 Å². The number of hydrogen-bond acceptors (Lipinski definition) is 3. The van der Waals surface area contributed by atoms with Gasteiger partial charge in [0.1, 0.15) is 6.04 Å². The van der Waals surface area contributed by atoms with Gasteiger partial charge in [-0.05, 0) is 49.7 Å². The maximum absolute atomic E-state index is 12.5. The van der Waals surface area contributed by atoms with Crippen LogP contribution in [0.3, 0.4) is 0 Å². The molecular formula is C24H23Cl2N3O2. The van der Waals surface area contributed by atoms with Gasteiger partial charge >= 0.3 is 0 Å². The predicted molar refractivity (Wildman–Crippen MR) is 127 cm³/mol. The molecule has 0 heterocycles. The first-order valence-corrected chi connectivity index (χ1v) is 10.6. The molecule has 0 aliphatic heterocycles. The highest BCUT2D eigenvalue weighted by Crippen LogP contribution is 2.29. The highest BCUT2D eigenvalue weighted by atomic mass is 35.5. The van der Waals surface area contributed by atoms with E-state index in [2.05, 4.69) is 16.0 Å². The topological polar surface area (TPSA) is 70.2 Å². The van der Waals surface area contributed by atoms with Crippen LogP contribution in [-0.2, 0) is 4.79 Å². The molecule has 0 saturated heterocycles. The number of anilines is 2. The van der Waals surface area contributed by atoms with E-state index < -0.39 is 11.9 Å². The van der Waals surface area contributed by atoms with Crippen molar-refractivity contribution in [1.29, 1.82) is 0 Å². The van der Waals surface area contributed by atoms with Gasteiger partial charge in [-0.3, -0.25) is 9.59 Å². The zero-order valence-corrected chi connectivity index (χ0v) is 18.7. The van der Waals surface area contributed by atoms with Gasteiger partial charge in [0.05, 0.1) is 21.3 Å². The van der Waals surface area contributed by atoms with Crippen molar-refractivity contribution >= 4 is 46.4 Å². The van der Waals surface area contributed by atoms with Crippen molar-refractivity contribution in [3.63, 3.8) is 0 Å². The largest absolute Gasteiger partial charge is 0.377 e. The fourth-order valence-corrected chi connectivity index (χ4v) is 3.46. The number of amides is 2. The molecule has 31 heavy (non-hydrogen) atoms. The van der Waals surface area contributed by atoms with Crippen molar-refractivity contribution in [2.75, 3.05) is 10.6 Å². The normalized spacial score (nSPS) is 12.5. The maximum atomic E-state index is 12.5. The van der Waals surface area contributed by atoms with Crippen molar-refractivity contribution in [2.45, 2.75) is 25.9 Å². The number of benzene rings is 3. The molecule has 0 saturated carbocycles. The van der Waals surface area contributed by atoms with Gasteiger partial charge in [-0.1, -0.05) is 65.7 Å². The summed E-state index contributed by atoms with van der Waals surface area (Å²) in [5.41, 5.74) is 2.75. The number of halogens is 2. The monoisotopic (exact) mass is 455 g/mol. The third-order valence-corrected chi connectivity index (χ3v) is 5.41. The van der Waals surface area contributed by atoms with Gasteiger partial charge < -0.3 is 16.0 Å². The minimum Gasteiger partial charge on any atom is -0.377 e. The van der Waals surface area contributed by atoms with Crippen LogP contribution in [0.1, 0.15) is 35.8 Å². The molecule has 3 aromatic carbocycles. The Morgan fingerprint density at radius 1 is 0.839 bits per heavy atom. The Hall–Kier alpha value is -3.02. The third-order valence-electron chi connectivity index (χ3n) is 4.77. The molecule has 3 aromatic rings. The quantitative estimate of drug-likeness (QED) is 0.413. The van der Waals surface area contributed by atoms with Crippen molar-refractivity contribution in [2.24, 2.45) is 0 Å². The Labute approximate surface area is 191 Å². The lowest BCUT2D eigenvalue weighted by molar-refractivity contribution is -0.117. The predicted octanol–water partition coefficient (Wildman–Crippen LogP) is 5.92. The van der Waals surface area contributed by atoms with E-state index in [1.165, 1.54) is 0 Å². The summed E-state index contributed by atoms with van der Waals surface area (Å²) in [5, 5.41) is 9.59. The lowest BCUT2D eigenvalue weighted by Crippen LogP contribution is -2.41. The molecule has 2 atom stereocenters. The standard InChI is InChI=1S/C24H23Cl2N3O2/c1-15(17-8-4-3-5-9-17)27-22-13-12-18(14-21(22)26)29-23(30)16(2)28-24(31)19-10-6-7-11-20(19)25/h3-16,27H,1-2H3,(H,28,31)(H,29,30). The Bertz CT molecular complexity index is 1070. The molecule has 0 spiro atoms. The van der Waals surface area contributed by atoms with Crippen LogP contribution in [0.25, 0.3) is 0 Å². The first-order chi connectivity index (χ1) is 14.8. The molecular weight excluding hydrogens is 433 g/mol. The fraction of sp³-hybridized carbons (Fsp3) is 0.167. The minimum absolute atomic E-state index is 0.0687. The molecule has 0 aliphatic carbocycles. The number of carbonyl (C=O) groups excluding carboxylic acids is 2. The molecule has 0 bridgehead atoms. The summed E-state index contributed by atoms with van der Waals surface area (Å²) in [4.78, 5) is 24.9. The van der Waals surface area contributed by atoms with Crippen LogP contribution in [0.4, 0.5) is 11.4 Å². The molecule has 2 amide bonds. The zero-order valence-electron chi connectivity index (χ0n) is 17.2. The molecule has 7 heteroatoms. The first kappa shape index (κ1) is 22.7. The van der Waals surface area contributed by atoms with Gasteiger partial charge in [-0.15, -0.1) is 0 Å². The summed E-state index contributed by atoms with van der Waals surface area (Å²) in [7, 11) is 0. The van der Waals surface area contributed by atoms with Crippen LogP contribution in [0, 0.1) is 0 Å². The van der Waals surface area contributed by atoms with E-state index in [1.54, 1.807) is 43.3 Å². The molecule has 5 nitrogen and oxygen atoms in total. The fourth-order valence-electron chi connectivity index (χ4n) is 3.00. The van der Waals surface area contributed by atoms with Crippen LogP contribution in [0.5, 0.6) is 0 Å². The molecule has 160 valence electrons. The van der Waals surface area contributed by atoms with Crippen molar-refractivity contribution < 1.29 is 9.59 Å². The van der Waals surface area contributed by atoms with Crippen LogP contribution in [-0.4, -0.2) is 17.9 Å². The summed E-state index contributed by atoms with van der Waals surface area (Å²) in [6, 6.07) is 21.2. The Morgan fingerprint density at radius 3 is 2.19 bits per heavy atom. The van der Waals surface area contributed by atoms with Crippen molar-refractivity contribution in [3.8, 4) is 0 Å². The summed E-state index contributed by atoms with van der Waals surface area (Å²) in [6.45, 7) is 3.65. The Balaban J connectivity index is 1.60. The van der Waals surface area contributed by atoms with E-state index >= 15 is 0 Å². The van der Waals surface area contributed by atoms with Crippen LogP contribution >= 0.6 is 23.2 Å². The summed E-state index contributed by atoms with van der Waals surface area (Å²) in [5.74, 6) is -0.782. The molecule has 0 aromatic heterocycles. The zero-order chi connectivity index (χ0) is 22.4. The average molecular weight is 456 g/mol. The van der Waals surface area contributed by atoms with E-state index in [1.807, 2.05) is 43.3 Å². The van der Waals surface area contributed by atoms with Gasteiger partial charge in [0.2, 0.25) is 5.91 Å². The van der Waals surface area contributed by atoms with Crippen molar-refractivity contribution in [1.82, 2.24) is 5.32 Å². The smallest absolute Gasteiger partial charge is 0.253 e. The van der Waals surface area contributed by atoms with E-state index in [4.69, 9.17) is 23.2 Å². The number of rotatable bonds is 7.